The van der Waals surface area contributed by atoms with Gasteiger partial charge in [0.1, 0.15) is 74.7 Å². The highest BCUT2D eigenvalue weighted by Gasteiger charge is 2.31. The molecule has 4 heterocycles. The minimum absolute atomic E-state index is 0.211. The summed E-state index contributed by atoms with van der Waals surface area (Å²) in [5, 5.41) is 12.2. The summed E-state index contributed by atoms with van der Waals surface area (Å²) >= 11 is 24.5. The van der Waals surface area contributed by atoms with E-state index >= 15 is 0 Å². The second kappa shape index (κ2) is 33.0. The van der Waals surface area contributed by atoms with Crippen LogP contribution in [-0.2, 0) is 0 Å². The summed E-state index contributed by atoms with van der Waals surface area (Å²) in [6.07, 6.45) is 1.37. The van der Waals surface area contributed by atoms with Gasteiger partial charge in [-0.2, -0.15) is 0 Å². The van der Waals surface area contributed by atoms with Gasteiger partial charge in [0.25, 0.3) is 23.6 Å². The number of hydrogen-bond donors (Lipinski definition) is 4. The Morgan fingerprint density at radius 2 is 0.685 bits per heavy atom. The molecule has 25 heteroatoms. The molecule has 0 fully saturated rings. The first-order chi connectivity index (χ1) is 44.3. The van der Waals surface area contributed by atoms with E-state index in [0.29, 0.717) is 89.4 Å². The minimum Gasteiger partial charge on any atom is -0.456 e. The van der Waals surface area contributed by atoms with Crippen molar-refractivity contribution in [3.05, 3.63) is 304 Å². The Balaban J connectivity index is 0.000000158. The van der Waals surface area contributed by atoms with Gasteiger partial charge in [-0.3, -0.25) is 39.1 Å². The number of benzene rings is 7. The van der Waals surface area contributed by atoms with E-state index in [9.17, 15) is 41.1 Å². The molecule has 4 amide bonds. The SMILES string of the molecule is O=C(Nc1ccc(OC(F)(F)F)cc1)c1ccccn1.O=C(Nc1ccc(Oc2ccc(F)cc2)c(Cl)c1)c1ccccn1.O=C(Nc1ccc(Oc2cccc(Cl)c2)c(Cl)c1)c1ccccn1.O=C(Nc1ccc(Oc2cccc(F)c2)c(Cl)c1)c1ccccn1. The van der Waals surface area contributed by atoms with Crippen molar-refractivity contribution in [2.45, 2.75) is 6.36 Å². The molecule has 4 N–H and O–H groups in total. The molecule has 0 bridgehead atoms. The Morgan fingerprint density at radius 1 is 0.337 bits per heavy atom. The first kappa shape index (κ1) is 67.0. The lowest BCUT2D eigenvalue weighted by atomic mass is 10.2. The Kier molecular flexibility index (Phi) is 24.0. The number of nitrogens with one attached hydrogen (secondary N) is 4. The van der Waals surface area contributed by atoms with Crippen molar-refractivity contribution in [2.75, 3.05) is 21.3 Å². The first-order valence-corrected chi connectivity index (χ1v) is 28.2. The summed E-state index contributed by atoms with van der Waals surface area (Å²) < 4.78 is 82.5. The maximum Gasteiger partial charge on any atom is 0.573 e. The van der Waals surface area contributed by atoms with Crippen LogP contribution >= 0.6 is 46.4 Å². The minimum atomic E-state index is -4.74. The first-order valence-electron chi connectivity index (χ1n) is 26.7. The Hall–Kier alpha value is -11.0. The third kappa shape index (κ3) is 21.7. The van der Waals surface area contributed by atoms with Crippen LogP contribution < -0.4 is 40.2 Å². The number of hydrogen-bond acceptors (Lipinski definition) is 12. The molecule has 11 rings (SSSR count). The summed E-state index contributed by atoms with van der Waals surface area (Å²) in [4.78, 5) is 63.7. The van der Waals surface area contributed by atoms with Crippen LogP contribution in [0.3, 0.4) is 0 Å². The summed E-state index contributed by atoms with van der Waals surface area (Å²) in [6, 6.07) is 57.9. The average Bonchev–Trinajstić information content (AvgIpc) is 2.99. The van der Waals surface area contributed by atoms with Crippen molar-refractivity contribution in [1.82, 2.24) is 19.9 Å². The van der Waals surface area contributed by atoms with Crippen LogP contribution in [0.2, 0.25) is 20.1 Å². The number of rotatable bonds is 15. The van der Waals surface area contributed by atoms with Gasteiger partial charge in [-0.15, -0.1) is 13.2 Å². The quantitative estimate of drug-likeness (QED) is 0.0708. The van der Waals surface area contributed by atoms with Crippen molar-refractivity contribution < 1.29 is 60.1 Å². The van der Waals surface area contributed by atoms with Gasteiger partial charge < -0.3 is 40.2 Å². The second-order valence-corrected chi connectivity index (χ2v) is 20.0. The number of halogens is 9. The smallest absolute Gasteiger partial charge is 0.456 e. The lowest BCUT2D eigenvalue weighted by Crippen LogP contribution is -2.17. The van der Waals surface area contributed by atoms with Crippen molar-refractivity contribution in [1.29, 1.82) is 0 Å². The normalized spacial score (nSPS) is 10.4. The number of pyridine rings is 4. The number of nitrogens with zero attached hydrogens (tertiary/aromatic N) is 4. The summed E-state index contributed by atoms with van der Waals surface area (Å²) in [6.45, 7) is 0. The molecule has 0 spiro atoms. The number of carbonyl (C=O) groups excluding carboxylic acids is 4. The molecule has 0 saturated heterocycles. The molecule has 0 aliphatic rings. The van der Waals surface area contributed by atoms with Crippen molar-refractivity contribution in [3.63, 3.8) is 0 Å². The highest BCUT2D eigenvalue weighted by molar-refractivity contribution is 6.33. The predicted octanol–water partition coefficient (Wildman–Crippen LogP) is 18.5. The van der Waals surface area contributed by atoms with Gasteiger partial charge in [-0.1, -0.05) is 82.8 Å². The molecule has 7 aromatic carbocycles. The molecule has 92 heavy (non-hydrogen) atoms. The van der Waals surface area contributed by atoms with Crippen molar-refractivity contribution >= 4 is 92.8 Å². The van der Waals surface area contributed by atoms with E-state index < -0.39 is 18.1 Å². The molecule has 11 aromatic rings. The molecule has 0 aliphatic carbocycles. The van der Waals surface area contributed by atoms with Crippen molar-refractivity contribution in [3.8, 4) is 40.2 Å². The van der Waals surface area contributed by atoms with E-state index in [1.54, 1.807) is 170 Å². The van der Waals surface area contributed by atoms with Crippen LogP contribution in [0.15, 0.2) is 249 Å². The van der Waals surface area contributed by atoms with Crippen LogP contribution in [0.5, 0.6) is 40.2 Å². The number of anilines is 4. The topological polar surface area (TPSA) is 205 Å². The zero-order chi connectivity index (χ0) is 65.4. The monoisotopic (exact) mass is 1320 g/mol. The third-order valence-electron chi connectivity index (χ3n) is 11.6. The fraction of sp³-hybridized carbons (Fsp3) is 0.0149. The van der Waals surface area contributed by atoms with Crippen LogP contribution in [0, 0.1) is 11.6 Å². The van der Waals surface area contributed by atoms with Crippen LogP contribution in [0.4, 0.5) is 44.7 Å². The van der Waals surface area contributed by atoms with Gasteiger partial charge in [-0.05, 0) is 182 Å². The number of ether oxygens (including phenoxy) is 4. The van der Waals surface area contributed by atoms with E-state index in [4.69, 9.17) is 60.6 Å². The average molecular weight is 1330 g/mol. The van der Waals surface area contributed by atoms with Gasteiger partial charge in [0.05, 0.1) is 15.1 Å². The summed E-state index contributed by atoms with van der Waals surface area (Å²) in [5.74, 6) is 0.0687. The second-order valence-electron chi connectivity index (χ2n) is 18.4. The summed E-state index contributed by atoms with van der Waals surface area (Å²) in [5.41, 5.74) is 3.05. The standard InChI is InChI=1S/C18H12Cl2N2O2.2C18H12ClFN2O2.C13H9F3N2O2/c19-12-4-3-5-14(10-12)24-17-8-7-13(11-15(17)20)22-18(23)16-6-1-2-9-21-16;19-15-11-13(22-18(23)16-6-1-2-9-21-16)7-8-17(15)24-14-5-3-4-12(20)10-14;19-15-11-13(22-18(23)16-3-1-2-10-21-16)6-9-17(15)24-14-7-4-12(20)5-8-14;14-13(15,16)20-10-6-4-9(5-7-10)18-12(19)11-3-1-2-8-17-11/h3*1-11H,(H,22,23);1-8H,(H,18,19). The molecular formula is C67H45Cl4F5N8O8. The van der Waals surface area contributed by atoms with Crippen LogP contribution in [0.25, 0.3) is 0 Å². The van der Waals surface area contributed by atoms with Gasteiger partial charge in [0.15, 0.2) is 0 Å². The largest absolute Gasteiger partial charge is 0.573 e. The van der Waals surface area contributed by atoms with E-state index in [1.165, 1.54) is 67.0 Å². The Morgan fingerprint density at radius 3 is 1.03 bits per heavy atom. The lowest BCUT2D eigenvalue weighted by Gasteiger charge is -2.10. The van der Waals surface area contributed by atoms with Gasteiger partial charge >= 0.3 is 6.36 Å². The molecule has 16 nitrogen and oxygen atoms in total. The number of amides is 4. The number of carbonyl (C=O) groups is 4. The highest BCUT2D eigenvalue weighted by Crippen LogP contribution is 2.35. The maximum absolute atomic E-state index is 13.2. The molecular weight excluding hydrogens is 1280 g/mol. The van der Waals surface area contributed by atoms with Crippen molar-refractivity contribution in [2.24, 2.45) is 0 Å². The Labute approximate surface area is 541 Å². The fourth-order valence-electron chi connectivity index (χ4n) is 7.44. The molecule has 0 unspecified atom stereocenters. The number of alkyl halides is 3. The van der Waals surface area contributed by atoms with Crippen LogP contribution in [-0.4, -0.2) is 49.9 Å². The molecule has 0 saturated carbocycles. The van der Waals surface area contributed by atoms with E-state index in [1.807, 2.05) is 0 Å². The zero-order valence-corrected chi connectivity index (χ0v) is 50.2. The number of aromatic nitrogens is 4. The third-order valence-corrected chi connectivity index (χ3v) is 12.7. The molecule has 4 aromatic heterocycles. The zero-order valence-electron chi connectivity index (χ0n) is 47.1. The highest BCUT2D eigenvalue weighted by atomic mass is 35.5. The van der Waals surface area contributed by atoms with Gasteiger partial charge in [0.2, 0.25) is 0 Å². The fourth-order valence-corrected chi connectivity index (χ4v) is 8.27. The van der Waals surface area contributed by atoms with Crippen LogP contribution in [0.1, 0.15) is 42.0 Å². The van der Waals surface area contributed by atoms with Gasteiger partial charge in [-0.25, -0.2) is 8.78 Å². The van der Waals surface area contributed by atoms with E-state index in [2.05, 4.69) is 45.9 Å². The molecule has 0 aliphatic heterocycles. The predicted molar refractivity (Wildman–Crippen MR) is 341 cm³/mol. The van der Waals surface area contributed by atoms with Gasteiger partial charge in [0, 0.05) is 58.6 Å². The molecule has 464 valence electrons. The van der Waals surface area contributed by atoms with E-state index in [-0.39, 0.29) is 40.0 Å². The summed E-state index contributed by atoms with van der Waals surface area (Å²) in [7, 11) is 0. The lowest BCUT2D eigenvalue weighted by molar-refractivity contribution is -0.274. The molecule has 0 radical (unpaired) electrons. The maximum atomic E-state index is 13.2. The Bertz CT molecular complexity index is 4130. The molecule has 0 atom stereocenters. The van der Waals surface area contributed by atoms with E-state index in [0.717, 1.165) is 12.1 Å².